The zero-order valence-electron chi connectivity index (χ0n) is 22.9. The topological polar surface area (TPSA) is 51.6 Å². The third-order valence-corrected chi connectivity index (χ3v) is 10.4. The van der Waals surface area contributed by atoms with Gasteiger partial charge in [-0.2, -0.15) is 61.5 Å². The highest BCUT2D eigenvalue weighted by Crippen LogP contribution is 2.55. The number of hydrogen-bond acceptors (Lipinski definition) is 4. The van der Waals surface area contributed by atoms with E-state index in [0.717, 1.165) is 0 Å². The average molecular weight is 982 g/mol. The van der Waals surface area contributed by atoms with Gasteiger partial charge in [0.25, 0.3) is 0 Å². The van der Waals surface area contributed by atoms with Gasteiger partial charge < -0.3 is 0 Å². The average Bonchev–Trinajstić information content (AvgIpc) is 3.00. The molecule has 0 bridgehead atoms. The van der Waals surface area contributed by atoms with Crippen molar-refractivity contribution in [1.82, 2.24) is 19.9 Å². The number of hydrogen-bond donors (Lipinski definition) is 0. The van der Waals surface area contributed by atoms with Crippen LogP contribution < -0.4 is 0 Å². The van der Waals surface area contributed by atoms with Crippen molar-refractivity contribution in [3.63, 3.8) is 0 Å². The number of rotatable bonds is 4. The standard InChI is InChI=1S/C28H4Br4F14N4/c29-9-1-5-6-2-10(30)19-16-14(6)8(4-12(32)20(16)50-22(49-19)24(35,36)26(39,40)28(44,45)46)7-3-11(31)18-15(13(5)7)17(9)47-21(48-18)23(33,34)25(37,38)27(41,42)43/h1-4H. The minimum absolute atomic E-state index is 0.0843. The van der Waals surface area contributed by atoms with E-state index in [1.807, 2.05) is 0 Å². The van der Waals surface area contributed by atoms with Crippen molar-refractivity contribution in [2.24, 2.45) is 0 Å². The first-order valence-corrected chi connectivity index (χ1v) is 16.2. The molecule has 2 heterocycles. The van der Waals surface area contributed by atoms with Crippen LogP contribution in [-0.2, 0) is 11.8 Å². The Balaban J connectivity index is 1.61. The first-order valence-electron chi connectivity index (χ1n) is 13.0. The van der Waals surface area contributed by atoms with E-state index in [9.17, 15) is 61.5 Å². The molecule has 0 saturated heterocycles. The third-order valence-electron chi connectivity index (χ3n) is 8.03. The summed E-state index contributed by atoms with van der Waals surface area (Å²) in [4.78, 5) is 13.8. The van der Waals surface area contributed by atoms with Crippen LogP contribution in [0.1, 0.15) is 11.6 Å². The minimum atomic E-state index is -6.68. The van der Waals surface area contributed by atoms with E-state index < -0.39 is 69.8 Å². The Morgan fingerprint density at radius 3 is 0.780 bits per heavy atom. The lowest BCUT2D eigenvalue weighted by Crippen LogP contribution is -2.50. The second-order valence-corrected chi connectivity index (χ2v) is 14.3. The van der Waals surface area contributed by atoms with Gasteiger partial charge in [-0.1, -0.05) is 0 Å². The van der Waals surface area contributed by atoms with E-state index in [1.54, 1.807) is 0 Å². The summed E-state index contributed by atoms with van der Waals surface area (Å²) >= 11 is 12.4. The summed E-state index contributed by atoms with van der Waals surface area (Å²) < 4.78 is 193. The molecule has 0 amide bonds. The molecule has 2 aromatic heterocycles. The van der Waals surface area contributed by atoms with Gasteiger partial charge in [-0.05, 0) is 110 Å². The van der Waals surface area contributed by atoms with E-state index in [-0.39, 0.29) is 61.0 Å². The summed E-state index contributed by atoms with van der Waals surface area (Å²) in [5.74, 6) is -29.3. The molecule has 50 heavy (non-hydrogen) atoms. The molecule has 0 aliphatic rings. The first kappa shape index (κ1) is 35.7. The molecule has 0 radical (unpaired) electrons. The maximum atomic E-state index is 14.8. The van der Waals surface area contributed by atoms with Crippen LogP contribution in [0, 0.1) is 0 Å². The SMILES string of the molecule is FC(F)(F)C(F)(F)C(F)(F)c1nc2c(Br)cc3c4cc(Br)c5nc(C(F)(F)C(F)(F)C(F)(F)F)nc6c(Br)cc(c7cc(Br)c(n1)c2c37)c4c56. The predicted octanol–water partition coefficient (Wildman–Crippen LogP) is 12.7. The van der Waals surface area contributed by atoms with E-state index in [0.29, 0.717) is 0 Å². The zero-order chi connectivity index (χ0) is 37.0. The van der Waals surface area contributed by atoms with E-state index >= 15 is 0 Å². The van der Waals surface area contributed by atoms with Crippen LogP contribution in [-0.4, -0.2) is 44.1 Å². The normalized spacial score (nSPS) is 14.6. The van der Waals surface area contributed by atoms with Crippen molar-refractivity contribution in [1.29, 1.82) is 0 Å². The summed E-state index contributed by atoms with van der Waals surface area (Å²) in [5, 5.41) is 1.05. The molecule has 5 aromatic carbocycles. The quantitative estimate of drug-likeness (QED) is 0.100. The summed E-state index contributed by atoms with van der Waals surface area (Å²) in [5.41, 5.74) is -1.97. The Kier molecular flexibility index (Phi) is 7.46. The van der Waals surface area contributed by atoms with Gasteiger partial charge in [0, 0.05) is 39.4 Å². The molecule has 7 aromatic rings. The molecule has 0 spiro atoms. The van der Waals surface area contributed by atoms with Crippen LogP contribution >= 0.6 is 63.7 Å². The number of benzene rings is 5. The fourth-order valence-electron chi connectivity index (χ4n) is 5.75. The van der Waals surface area contributed by atoms with Crippen LogP contribution in [0.25, 0.3) is 65.2 Å². The number of halogens is 18. The lowest BCUT2D eigenvalue weighted by atomic mass is 9.88. The second-order valence-electron chi connectivity index (χ2n) is 10.9. The van der Waals surface area contributed by atoms with Crippen LogP contribution in [0.5, 0.6) is 0 Å². The molecule has 0 saturated carbocycles. The van der Waals surface area contributed by atoms with Crippen LogP contribution in [0.3, 0.4) is 0 Å². The van der Waals surface area contributed by atoms with Gasteiger partial charge in [0.2, 0.25) is 11.6 Å². The summed E-state index contributed by atoms with van der Waals surface area (Å²) in [6.45, 7) is 0. The van der Waals surface area contributed by atoms with Gasteiger partial charge in [0.1, 0.15) is 0 Å². The molecular weight excluding hydrogens is 978 g/mol. The number of aromatic nitrogens is 4. The number of nitrogens with zero attached hydrogens (tertiary/aromatic N) is 4. The van der Waals surface area contributed by atoms with Gasteiger partial charge in [-0.3, -0.25) is 0 Å². The minimum Gasteiger partial charge on any atom is -0.225 e. The highest BCUT2D eigenvalue weighted by Gasteiger charge is 2.76. The Bertz CT molecular complexity index is 2280. The summed E-state index contributed by atoms with van der Waals surface area (Å²) in [6.07, 6.45) is -13.4. The smallest absolute Gasteiger partial charge is 0.225 e. The molecule has 0 N–H and O–H groups in total. The predicted molar refractivity (Wildman–Crippen MR) is 166 cm³/mol. The molecule has 7 rings (SSSR count). The van der Waals surface area contributed by atoms with Gasteiger partial charge in [0.05, 0.1) is 22.1 Å². The molecular formula is C28H4Br4F14N4. The van der Waals surface area contributed by atoms with E-state index in [2.05, 4.69) is 83.7 Å². The maximum absolute atomic E-state index is 14.8. The van der Waals surface area contributed by atoms with Crippen molar-refractivity contribution < 1.29 is 61.5 Å². The van der Waals surface area contributed by atoms with Crippen molar-refractivity contribution in [2.45, 2.75) is 36.0 Å². The Labute approximate surface area is 298 Å². The van der Waals surface area contributed by atoms with E-state index in [4.69, 9.17) is 0 Å². The fraction of sp³-hybridized carbons (Fsp3) is 0.214. The Morgan fingerprint density at radius 1 is 0.360 bits per heavy atom. The molecule has 22 heteroatoms. The van der Waals surface area contributed by atoms with Gasteiger partial charge in [-0.25, -0.2) is 19.9 Å². The highest BCUT2D eigenvalue weighted by molar-refractivity contribution is 9.11. The molecule has 0 fully saturated rings. The van der Waals surface area contributed by atoms with Crippen molar-refractivity contribution in [3.05, 3.63) is 53.8 Å². The van der Waals surface area contributed by atoms with Crippen molar-refractivity contribution in [2.75, 3.05) is 0 Å². The van der Waals surface area contributed by atoms with E-state index in [1.165, 1.54) is 24.3 Å². The van der Waals surface area contributed by atoms with Gasteiger partial charge >= 0.3 is 36.0 Å². The lowest BCUT2D eigenvalue weighted by molar-refractivity contribution is -0.361. The number of fused-ring (bicyclic) bond motifs is 2. The monoisotopic (exact) mass is 978 g/mol. The largest absolute Gasteiger partial charge is 0.460 e. The highest BCUT2D eigenvalue weighted by atomic mass is 79.9. The summed E-state index contributed by atoms with van der Waals surface area (Å²) in [7, 11) is 0. The lowest BCUT2D eigenvalue weighted by Gasteiger charge is -2.28. The van der Waals surface area contributed by atoms with Crippen molar-refractivity contribution >= 4 is 129 Å². The van der Waals surface area contributed by atoms with Crippen LogP contribution in [0.15, 0.2) is 42.2 Å². The molecule has 0 aliphatic carbocycles. The third kappa shape index (κ3) is 4.45. The summed E-state index contributed by atoms with van der Waals surface area (Å²) in [6, 6.07) is 5.03. The van der Waals surface area contributed by atoms with Gasteiger partial charge in [0.15, 0.2) is 0 Å². The van der Waals surface area contributed by atoms with Crippen molar-refractivity contribution in [3.8, 4) is 0 Å². The Morgan fingerprint density at radius 2 is 0.580 bits per heavy atom. The molecule has 262 valence electrons. The first-order chi connectivity index (χ1) is 22.8. The molecule has 4 nitrogen and oxygen atoms in total. The second kappa shape index (κ2) is 10.5. The van der Waals surface area contributed by atoms with Gasteiger partial charge in [-0.15, -0.1) is 0 Å². The molecule has 0 atom stereocenters. The molecule has 0 unspecified atom stereocenters. The Hall–Kier alpha value is -2.72. The fourth-order valence-corrected chi connectivity index (χ4v) is 7.81. The molecule has 0 aliphatic heterocycles. The zero-order valence-corrected chi connectivity index (χ0v) is 29.2. The van der Waals surface area contributed by atoms with Crippen LogP contribution in [0.4, 0.5) is 61.5 Å². The maximum Gasteiger partial charge on any atom is 0.460 e. The number of alkyl halides is 14. The van der Waals surface area contributed by atoms with Crippen LogP contribution in [0.2, 0.25) is 0 Å².